The average Bonchev–Trinajstić information content (AvgIpc) is 2.71. The molecule has 0 saturated heterocycles. The highest BCUT2D eigenvalue weighted by atomic mass is 15.3. The number of hydrogen-bond acceptors (Lipinski definition) is 2. The molecule has 0 aliphatic heterocycles. The summed E-state index contributed by atoms with van der Waals surface area (Å²) in [6.07, 6.45) is 5.62. The number of aryl methyl sites for hydroxylation is 2. The second-order valence-corrected chi connectivity index (χ2v) is 3.00. The molecular formula is C9H12N4. The lowest BCUT2D eigenvalue weighted by atomic mass is 10.3. The molecular weight excluding hydrogens is 164 g/mol. The molecule has 2 rings (SSSR count). The summed E-state index contributed by atoms with van der Waals surface area (Å²) in [6, 6.07) is 0. The number of H-pyrrole nitrogens is 1. The molecule has 0 aliphatic rings. The maximum atomic E-state index is 4.22. The van der Waals surface area contributed by atoms with Gasteiger partial charge < -0.3 is 4.98 Å². The van der Waals surface area contributed by atoms with Crippen molar-refractivity contribution in [3.05, 3.63) is 24.3 Å². The topological polar surface area (TPSA) is 46.5 Å². The molecule has 0 bridgehead atoms. The van der Waals surface area contributed by atoms with Crippen molar-refractivity contribution in [3.8, 4) is 11.4 Å². The van der Waals surface area contributed by atoms with Crippen LogP contribution in [0.5, 0.6) is 0 Å². The first-order chi connectivity index (χ1) is 6.29. The Balaban J connectivity index is 2.35. The maximum Gasteiger partial charge on any atom is 0.140 e. The van der Waals surface area contributed by atoms with Gasteiger partial charge in [-0.25, -0.2) is 4.98 Å². The Labute approximate surface area is 76.6 Å². The monoisotopic (exact) mass is 176 g/mol. The summed E-state index contributed by atoms with van der Waals surface area (Å²) in [5, 5.41) is 4.18. The normalized spacial score (nSPS) is 10.6. The number of imidazole rings is 1. The predicted octanol–water partition coefficient (Wildman–Crippen LogP) is 1.60. The molecule has 0 saturated carbocycles. The molecule has 0 aromatic carbocycles. The summed E-state index contributed by atoms with van der Waals surface area (Å²) in [6.45, 7) is 4.94. The van der Waals surface area contributed by atoms with E-state index in [-0.39, 0.29) is 0 Å². The Hall–Kier alpha value is -1.58. The zero-order valence-electron chi connectivity index (χ0n) is 7.78. The van der Waals surface area contributed by atoms with Crippen molar-refractivity contribution < 1.29 is 0 Å². The van der Waals surface area contributed by atoms with E-state index in [0.717, 1.165) is 23.6 Å². The van der Waals surface area contributed by atoms with E-state index in [1.807, 2.05) is 30.2 Å². The summed E-state index contributed by atoms with van der Waals surface area (Å²) >= 11 is 0. The van der Waals surface area contributed by atoms with Crippen LogP contribution >= 0.6 is 0 Å². The standard InChI is InChI=1S/C9H12N4/c1-3-13-6-8(5-11-13)9-10-4-7(2)12-9/h4-6H,3H2,1-2H3,(H,10,12). The van der Waals surface area contributed by atoms with Crippen LogP contribution in [0, 0.1) is 6.92 Å². The van der Waals surface area contributed by atoms with Gasteiger partial charge in [-0.1, -0.05) is 0 Å². The lowest BCUT2D eigenvalue weighted by Crippen LogP contribution is -1.92. The first-order valence-electron chi connectivity index (χ1n) is 4.34. The van der Waals surface area contributed by atoms with Crippen LogP contribution in [0.1, 0.15) is 12.6 Å². The Kier molecular flexibility index (Phi) is 1.88. The highest BCUT2D eigenvalue weighted by Gasteiger charge is 2.03. The van der Waals surface area contributed by atoms with Gasteiger partial charge in [0.05, 0.1) is 11.8 Å². The van der Waals surface area contributed by atoms with E-state index in [4.69, 9.17) is 0 Å². The van der Waals surface area contributed by atoms with Gasteiger partial charge in [-0.15, -0.1) is 0 Å². The second kappa shape index (κ2) is 3.05. The molecule has 0 aliphatic carbocycles. The van der Waals surface area contributed by atoms with Gasteiger partial charge >= 0.3 is 0 Å². The van der Waals surface area contributed by atoms with Crippen molar-refractivity contribution in [2.75, 3.05) is 0 Å². The van der Waals surface area contributed by atoms with Gasteiger partial charge in [0.2, 0.25) is 0 Å². The third-order valence-corrected chi connectivity index (χ3v) is 1.93. The summed E-state index contributed by atoms with van der Waals surface area (Å²) in [7, 11) is 0. The molecule has 1 N–H and O–H groups in total. The van der Waals surface area contributed by atoms with Crippen LogP contribution in [0.3, 0.4) is 0 Å². The fourth-order valence-corrected chi connectivity index (χ4v) is 1.22. The van der Waals surface area contributed by atoms with Crippen LogP contribution in [-0.2, 0) is 6.54 Å². The number of nitrogens with zero attached hydrogens (tertiary/aromatic N) is 3. The average molecular weight is 176 g/mol. The molecule has 0 spiro atoms. The lowest BCUT2D eigenvalue weighted by molar-refractivity contribution is 0.660. The molecule has 13 heavy (non-hydrogen) atoms. The van der Waals surface area contributed by atoms with E-state index >= 15 is 0 Å². The minimum absolute atomic E-state index is 0.886. The number of nitrogens with one attached hydrogen (secondary N) is 1. The molecule has 68 valence electrons. The predicted molar refractivity (Wildman–Crippen MR) is 50.2 cm³/mol. The lowest BCUT2D eigenvalue weighted by Gasteiger charge is -1.90. The summed E-state index contributed by atoms with van der Waals surface area (Å²) in [5.74, 6) is 0.886. The minimum Gasteiger partial charge on any atom is -0.342 e. The molecule has 0 radical (unpaired) electrons. The number of aromatic amines is 1. The number of hydrogen-bond donors (Lipinski definition) is 1. The van der Waals surface area contributed by atoms with Crippen molar-refractivity contribution in [2.24, 2.45) is 0 Å². The molecule has 0 fully saturated rings. The van der Waals surface area contributed by atoms with Crippen molar-refractivity contribution in [1.82, 2.24) is 19.7 Å². The highest BCUT2D eigenvalue weighted by Crippen LogP contribution is 2.13. The Bertz CT molecular complexity index is 399. The van der Waals surface area contributed by atoms with E-state index in [1.165, 1.54) is 0 Å². The largest absolute Gasteiger partial charge is 0.342 e. The van der Waals surface area contributed by atoms with Crippen molar-refractivity contribution in [1.29, 1.82) is 0 Å². The van der Waals surface area contributed by atoms with Crippen molar-refractivity contribution in [3.63, 3.8) is 0 Å². The van der Waals surface area contributed by atoms with E-state index < -0.39 is 0 Å². The van der Waals surface area contributed by atoms with E-state index in [1.54, 1.807) is 0 Å². The van der Waals surface area contributed by atoms with Gasteiger partial charge in [-0.3, -0.25) is 4.68 Å². The van der Waals surface area contributed by atoms with Gasteiger partial charge in [-0.2, -0.15) is 5.10 Å². The van der Waals surface area contributed by atoms with E-state index in [9.17, 15) is 0 Å². The van der Waals surface area contributed by atoms with Crippen molar-refractivity contribution >= 4 is 0 Å². The molecule has 4 nitrogen and oxygen atoms in total. The summed E-state index contributed by atoms with van der Waals surface area (Å²) < 4.78 is 1.88. The molecule has 2 heterocycles. The fourth-order valence-electron chi connectivity index (χ4n) is 1.22. The molecule has 0 atom stereocenters. The molecule has 0 amide bonds. The third kappa shape index (κ3) is 1.47. The Morgan fingerprint density at radius 3 is 2.85 bits per heavy atom. The number of rotatable bonds is 2. The molecule has 4 heteroatoms. The number of aromatic nitrogens is 4. The zero-order valence-corrected chi connectivity index (χ0v) is 7.78. The van der Waals surface area contributed by atoms with Gasteiger partial charge in [0, 0.05) is 24.6 Å². The third-order valence-electron chi connectivity index (χ3n) is 1.93. The summed E-state index contributed by atoms with van der Waals surface area (Å²) in [5.41, 5.74) is 2.11. The molecule has 2 aromatic heterocycles. The van der Waals surface area contributed by atoms with Gasteiger partial charge in [0.25, 0.3) is 0 Å². The van der Waals surface area contributed by atoms with Crippen LogP contribution < -0.4 is 0 Å². The second-order valence-electron chi connectivity index (χ2n) is 3.00. The van der Waals surface area contributed by atoms with Crippen LogP contribution in [0.25, 0.3) is 11.4 Å². The highest BCUT2D eigenvalue weighted by molar-refractivity contribution is 5.52. The van der Waals surface area contributed by atoms with E-state index in [0.29, 0.717) is 0 Å². The Morgan fingerprint density at radius 2 is 2.31 bits per heavy atom. The van der Waals surface area contributed by atoms with Crippen LogP contribution in [0.15, 0.2) is 18.6 Å². The minimum atomic E-state index is 0.886. The fraction of sp³-hybridized carbons (Fsp3) is 0.333. The smallest absolute Gasteiger partial charge is 0.140 e. The maximum absolute atomic E-state index is 4.22. The van der Waals surface area contributed by atoms with Crippen LogP contribution in [0.4, 0.5) is 0 Å². The first-order valence-corrected chi connectivity index (χ1v) is 4.34. The quantitative estimate of drug-likeness (QED) is 0.755. The van der Waals surface area contributed by atoms with Crippen molar-refractivity contribution in [2.45, 2.75) is 20.4 Å². The molecule has 2 aromatic rings. The zero-order chi connectivity index (χ0) is 9.26. The van der Waals surface area contributed by atoms with Gasteiger partial charge in [-0.05, 0) is 13.8 Å². The SMILES string of the molecule is CCn1cc(-c2ncc(C)[nH]2)cn1. The van der Waals surface area contributed by atoms with E-state index in [2.05, 4.69) is 22.0 Å². The van der Waals surface area contributed by atoms with Gasteiger partial charge in [0.15, 0.2) is 0 Å². The molecule has 0 unspecified atom stereocenters. The van der Waals surface area contributed by atoms with Crippen LogP contribution in [-0.4, -0.2) is 19.7 Å². The first kappa shape index (κ1) is 8.04. The Morgan fingerprint density at radius 1 is 1.46 bits per heavy atom. The van der Waals surface area contributed by atoms with Crippen LogP contribution in [0.2, 0.25) is 0 Å². The van der Waals surface area contributed by atoms with Gasteiger partial charge in [0.1, 0.15) is 5.82 Å². The summed E-state index contributed by atoms with van der Waals surface area (Å²) in [4.78, 5) is 7.39.